The van der Waals surface area contributed by atoms with E-state index in [9.17, 15) is 4.79 Å². The van der Waals surface area contributed by atoms with Crippen molar-refractivity contribution in [2.75, 3.05) is 13.3 Å². The highest BCUT2D eigenvalue weighted by Gasteiger charge is 2.21. The quantitative estimate of drug-likeness (QED) is 0.364. The van der Waals surface area contributed by atoms with Crippen molar-refractivity contribution in [1.82, 2.24) is 4.90 Å². The fourth-order valence-corrected chi connectivity index (χ4v) is 4.31. The van der Waals surface area contributed by atoms with Gasteiger partial charge in [-0.05, 0) is 61.2 Å². The Bertz CT molecular complexity index is 1080. The van der Waals surface area contributed by atoms with Gasteiger partial charge in [0.15, 0.2) is 11.5 Å². The fourth-order valence-electron chi connectivity index (χ4n) is 4.31. The Morgan fingerprint density at radius 3 is 2.38 bits per heavy atom. The van der Waals surface area contributed by atoms with Crippen LogP contribution in [-0.4, -0.2) is 30.2 Å². The van der Waals surface area contributed by atoms with Crippen molar-refractivity contribution in [2.24, 2.45) is 0 Å². The monoisotopic (exact) mass is 459 g/mol. The van der Waals surface area contributed by atoms with E-state index in [1.165, 1.54) is 5.56 Å². The second-order valence-electron chi connectivity index (χ2n) is 8.84. The maximum Gasteiger partial charge on any atom is 0.231 e. The first-order chi connectivity index (χ1) is 16.5. The van der Waals surface area contributed by atoms with Crippen LogP contribution in [0.4, 0.5) is 0 Å². The highest BCUT2D eigenvalue weighted by molar-refractivity contribution is 5.75. The maximum absolute atomic E-state index is 12.8. The van der Waals surface area contributed by atoms with Crippen molar-refractivity contribution in [3.8, 4) is 17.2 Å². The molecule has 34 heavy (non-hydrogen) atoms. The average Bonchev–Trinajstić information content (AvgIpc) is 3.32. The fraction of sp³-hybridized carbons (Fsp3) is 0.345. The molecule has 0 spiro atoms. The van der Waals surface area contributed by atoms with Gasteiger partial charge in [0.2, 0.25) is 12.7 Å². The minimum absolute atomic E-state index is 0.134. The highest BCUT2D eigenvalue weighted by Crippen LogP contribution is 2.37. The van der Waals surface area contributed by atoms with Gasteiger partial charge in [-0.3, -0.25) is 4.79 Å². The van der Waals surface area contributed by atoms with E-state index < -0.39 is 0 Å². The summed E-state index contributed by atoms with van der Waals surface area (Å²) in [4.78, 5) is 14.8. The molecule has 0 saturated heterocycles. The molecule has 0 bridgehead atoms. The Morgan fingerprint density at radius 2 is 1.68 bits per heavy atom. The Morgan fingerprint density at radius 1 is 0.941 bits per heavy atom. The van der Waals surface area contributed by atoms with Gasteiger partial charge in [0.05, 0.1) is 6.10 Å². The number of ether oxygens (including phenoxy) is 3. The highest BCUT2D eigenvalue weighted by atomic mass is 16.7. The summed E-state index contributed by atoms with van der Waals surface area (Å²) in [5.74, 6) is 2.70. The molecule has 1 aliphatic rings. The Kier molecular flexibility index (Phi) is 7.73. The first-order valence-corrected chi connectivity index (χ1v) is 12.0. The Labute approximate surface area is 202 Å². The summed E-state index contributed by atoms with van der Waals surface area (Å²) in [6, 6.07) is 24.6. The lowest BCUT2D eigenvalue weighted by Gasteiger charge is -2.26. The normalized spacial score (nSPS) is 13.1. The standard InChI is InChI=1S/C29H33NO4/c1-4-29(31)30(19-22-10-13-25(14-11-22)34-21(2)3)17-16-26(23-8-6-5-7-9-23)24-12-15-27-28(18-24)33-20-32-27/h5-15,18,21,26H,4,16-17,19-20H2,1-3H3/t26-/m0/s1. The third kappa shape index (κ3) is 5.90. The SMILES string of the molecule is CCC(=O)N(CC[C@@H](c1ccccc1)c1ccc2c(c1)OCO2)Cc1ccc(OC(C)C)cc1. The van der Waals surface area contributed by atoms with Crippen LogP contribution in [0.5, 0.6) is 17.2 Å². The van der Waals surface area contributed by atoms with Crippen LogP contribution in [0.3, 0.4) is 0 Å². The second kappa shape index (κ2) is 11.1. The van der Waals surface area contributed by atoms with Gasteiger partial charge in [-0.25, -0.2) is 0 Å². The molecule has 0 aromatic heterocycles. The minimum atomic E-state index is 0.134. The smallest absolute Gasteiger partial charge is 0.231 e. The zero-order valence-electron chi connectivity index (χ0n) is 20.2. The van der Waals surface area contributed by atoms with Gasteiger partial charge in [0, 0.05) is 25.4 Å². The van der Waals surface area contributed by atoms with E-state index in [4.69, 9.17) is 14.2 Å². The second-order valence-corrected chi connectivity index (χ2v) is 8.84. The molecule has 0 aliphatic carbocycles. The molecule has 0 unspecified atom stereocenters. The van der Waals surface area contributed by atoms with E-state index in [2.05, 4.69) is 36.4 Å². The van der Waals surface area contributed by atoms with Gasteiger partial charge in [-0.15, -0.1) is 0 Å². The molecule has 1 aliphatic heterocycles. The van der Waals surface area contributed by atoms with Crippen molar-refractivity contribution in [3.63, 3.8) is 0 Å². The van der Waals surface area contributed by atoms with E-state index in [-0.39, 0.29) is 24.7 Å². The molecular weight excluding hydrogens is 426 g/mol. The number of carbonyl (C=O) groups is 1. The van der Waals surface area contributed by atoms with Crippen LogP contribution < -0.4 is 14.2 Å². The number of carbonyl (C=O) groups excluding carboxylic acids is 1. The number of nitrogens with zero attached hydrogens (tertiary/aromatic N) is 1. The predicted octanol–water partition coefficient (Wildman–Crippen LogP) is 6.16. The molecule has 4 rings (SSSR count). The average molecular weight is 460 g/mol. The lowest BCUT2D eigenvalue weighted by Crippen LogP contribution is -2.31. The molecule has 1 heterocycles. The summed E-state index contributed by atoms with van der Waals surface area (Å²) in [7, 11) is 0. The van der Waals surface area contributed by atoms with Gasteiger partial charge >= 0.3 is 0 Å². The minimum Gasteiger partial charge on any atom is -0.491 e. The van der Waals surface area contributed by atoms with Gasteiger partial charge in [0.25, 0.3) is 0 Å². The third-order valence-corrected chi connectivity index (χ3v) is 6.01. The van der Waals surface area contributed by atoms with Crippen molar-refractivity contribution < 1.29 is 19.0 Å². The van der Waals surface area contributed by atoms with Gasteiger partial charge in [0.1, 0.15) is 5.75 Å². The van der Waals surface area contributed by atoms with E-state index in [0.717, 1.165) is 34.8 Å². The number of hydrogen-bond acceptors (Lipinski definition) is 4. The summed E-state index contributed by atoms with van der Waals surface area (Å²) in [5, 5.41) is 0. The van der Waals surface area contributed by atoms with Crippen molar-refractivity contribution in [1.29, 1.82) is 0 Å². The van der Waals surface area contributed by atoms with Crippen LogP contribution >= 0.6 is 0 Å². The Hall–Kier alpha value is -3.47. The zero-order chi connectivity index (χ0) is 23.9. The third-order valence-electron chi connectivity index (χ3n) is 6.01. The van der Waals surface area contributed by atoms with E-state index in [1.54, 1.807) is 0 Å². The van der Waals surface area contributed by atoms with Crippen LogP contribution in [0.2, 0.25) is 0 Å². The lowest BCUT2D eigenvalue weighted by atomic mass is 9.88. The lowest BCUT2D eigenvalue weighted by molar-refractivity contribution is -0.131. The molecule has 1 atom stereocenters. The number of fused-ring (bicyclic) bond motifs is 1. The van der Waals surface area contributed by atoms with Gasteiger partial charge < -0.3 is 19.1 Å². The molecule has 0 N–H and O–H groups in total. The molecule has 0 radical (unpaired) electrons. The topological polar surface area (TPSA) is 48.0 Å². The largest absolute Gasteiger partial charge is 0.491 e. The van der Waals surface area contributed by atoms with Crippen LogP contribution in [0, 0.1) is 0 Å². The van der Waals surface area contributed by atoms with E-state index >= 15 is 0 Å². The number of hydrogen-bond donors (Lipinski definition) is 0. The van der Waals surface area contributed by atoms with Gasteiger partial charge in [-0.1, -0.05) is 55.5 Å². The molecule has 0 saturated carbocycles. The van der Waals surface area contributed by atoms with Crippen LogP contribution in [0.1, 0.15) is 56.2 Å². The molecule has 0 fully saturated rings. The zero-order valence-corrected chi connectivity index (χ0v) is 20.2. The molecule has 1 amide bonds. The van der Waals surface area contributed by atoms with Crippen molar-refractivity contribution >= 4 is 5.91 Å². The van der Waals surface area contributed by atoms with E-state index in [1.807, 2.05) is 62.1 Å². The maximum atomic E-state index is 12.8. The summed E-state index contributed by atoms with van der Waals surface area (Å²) >= 11 is 0. The summed E-state index contributed by atoms with van der Waals surface area (Å²) < 4.78 is 16.9. The number of benzene rings is 3. The summed E-state index contributed by atoms with van der Waals surface area (Å²) in [6.45, 7) is 7.44. The molecular formula is C29H33NO4. The Balaban J connectivity index is 1.52. The van der Waals surface area contributed by atoms with Crippen LogP contribution in [0.25, 0.3) is 0 Å². The molecule has 3 aromatic rings. The first kappa shape index (κ1) is 23.7. The molecule has 5 heteroatoms. The molecule has 178 valence electrons. The molecule has 3 aromatic carbocycles. The first-order valence-electron chi connectivity index (χ1n) is 12.0. The van der Waals surface area contributed by atoms with Crippen LogP contribution in [0.15, 0.2) is 72.8 Å². The van der Waals surface area contributed by atoms with Crippen molar-refractivity contribution in [2.45, 2.75) is 52.2 Å². The molecule has 5 nitrogen and oxygen atoms in total. The number of amides is 1. The van der Waals surface area contributed by atoms with E-state index in [0.29, 0.717) is 19.5 Å². The van der Waals surface area contributed by atoms with Crippen molar-refractivity contribution in [3.05, 3.63) is 89.5 Å². The van der Waals surface area contributed by atoms with Crippen LogP contribution in [-0.2, 0) is 11.3 Å². The number of rotatable bonds is 10. The predicted molar refractivity (Wildman–Crippen MR) is 133 cm³/mol. The summed E-state index contributed by atoms with van der Waals surface area (Å²) in [5.41, 5.74) is 3.48. The van der Waals surface area contributed by atoms with Gasteiger partial charge in [-0.2, -0.15) is 0 Å². The summed E-state index contributed by atoms with van der Waals surface area (Å²) in [6.07, 6.45) is 1.42.